The summed E-state index contributed by atoms with van der Waals surface area (Å²) in [5, 5.41) is 12.6. The molecular weight excluding hydrogens is 284 g/mol. The predicted molar refractivity (Wildman–Crippen MR) is 80.5 cm³/mol. The molecule has 0 radical (unpaired) electrons. The number of nitrogens with one attached hydrogen (secondary N) is 1. The predicted octanol–water partition coefficient (Wildman–Crippen LogP) is 1.70. The van der Waals surface area contributed by atoms with Gasteiger partial charge in [0.25, 0.3) is 0 Å². The Morgan fingerprint density at radius 1 is 1.36 bits per heavy atom. The van der Waals surface area contributed by atoms with Crippen molar-refractivity contribution < 1.29 is 19.4 Å². The van der Waals surface area contributed by atoms with E-state index in [1.807, 2.05) is 0 Å². The number of urea groups is 1. The number of hydrogen-bond acceptors (Lipinski definition) is 3. The third kappa shape index (κ3) is 2.69. The summed E-state index contributed by atoms with van der Waals surface area (Å²) in [6, 6.07) is -0.0984. The van der Waals surface area contributed by atoms with Gasteiger partial charge >= 0.3 is 12.0 Å². The minimum absolute atomic E-state index is 0.0984. The van der Waals surface area contributed by atoms with Gasteiger partial charge < -0.3 is 20.1 Å². The molecule has 0 spiro atoms. The van der Waals surface area contributed by atoms with Crippen LogP contribution in [0.2, 0.25) is 0 Å². The molecule has 124 valence electrons. The first-order valence-electron chi connectivity index (χ1n) is 8.26. The standard InChI is InChI=1S/C16H26N2O4/c1-22-8-7-15(5-6-15)10-17-14(21)18-9-12-3-2-4-16(12,11-18)13(19)20/h12H,2-11H2,1H3,(H,17,21)(H,19,20)/t12-,16+/m0/s1. The minimum atomic E-state index is -0.732. The average Bonchev–Trinajstić information content (AvgIpc) is 2.97. The lowest BCUT2D eigenvalue weighted by molar-refractivity contribution is -0.149. The molecule has 2 N–H and O–H groups in total. The van der Waals surface area contributed by atoms with Gasteiger partial charge in [0.15, 0.2) is 0 Å². The molecule has 0 aromatic carbocycles. The zero-order valence-corrected chi connectivity index (χ0v) is 13.3. The molecule has 2 atom stereocenters. The monoisotopic (exact) mass is 310 g/mol. The number of fused-ring (bicyclic) bond motifs is 1. The number of carboxylic acids is 1. The van der Waals surface area contributed by atoms with E-state index < -0.39 is 11.4 Å². The van der Waals surface area contributed by atoms with Crippen LogP contribution in [0.1, 0.15) is 38.5 Å². The van der Waals surface area contributed by atoms with Gasteiger partial charge in [-0.05, 0) is 43.4 Å². The van der Waals surface area contributed by atoms with Crippen LogP contribution in [-0.4, -0.2) is 55.4 Å². The first-order chi connectivity index (χ1) is 10.5. The number of likely N-dealkylation sites (tertiary alicyclic amines) is 1. The molecule has 2 amide bonds. The van der Waals surface area contributed by atoms with Gasteiger partial charge in [-0.15, -0.1) is 0 Å². The summed E-state index contributed by atoms with van der Waals surface area (Å²) in [6.45, 7) is 2.35. The fourth-order valence-electron chi connectivity index (χ4n) is 4.18. The molecule has 6 heteroatoms. The second kappa shape index (κ2) is 5.72. The zero-order valence-electron chi connectivity index (χ0n) is 13.3. The highest BCUT2D eigenvalue weighted by molar-refractivity contribution is 5.80. The number of carbonyl (C=O) groups is 2. The normalized spacial score (nSPS) is 31.9. The van der Waals surface area contributed by atoms with Crippen LogP contribution in [0.25, 0.3) is 0 Å². The van der Waals surface area contributed by atoms with E-state index in [0.717, 1.165) is 38.7 Å². The van der Waals surface area contributed by atoms with E-state index in [1.54, 1.807) is 12.0 Å². The second-order valence-electron chi connectivity index (χ2n) is 7.33. The smallest absolute Gasteiger partial charge is 0.317 e. The van der Waals surface area contributed by atoms with Crippen LogP contribution in [0, 0.1) is 16.7 Å². The van der Waals surface area contributed by atoms with Crippen LogP contribution < -0.4 is 5.32 Å². The van der Waals surface area contributed by atoms with Gasteiger partial charge in [0.1, 0.15) is 0 Å². The highest BCUT2D eigenvalue weighted by Gasteiger charge is 2.56. The van der Waals surface area contributed by atoms with Crippen molar-refractivity contribution in [3.05, 3.63) is 0 Å². The molecule has 1 aliphatic heterocycles. The van der Waals surface area contributed by atoms with Crippen molar-refractivity contribution in [2.45, 2.75) is 38.5 Å². The van der Waals surface area contributed by atoms with Crippen molar-refractivity contribution >= 4 is 12.0 Å². The lowest BCUT2D eigenvalue weighted by Crippen LogP contribution is -2.43. The Morgan fingerprint density at radius 2 is 2.14 bits per heavy atom. The quantitative estimate of drug-likeness (QED) is 0.782. The van der Waals surface area contributed by atoms with Gasteiger partial charge in [-0.3, -0.25) is 4.79 Å². The van der Waals surface area contributed by atoms with Crippen LogP contribution >= 0.6 is 0 Å². The molecule has 3 rings (SSSR count). The molecule has 0 aromatic rings. The highest BCUT2D eigenvalue weighted by atomic mass is 16.5. The van der Waals surface area contributed by atoms with Gasteiger partial charge in [-0.2, -0.15) is 0 Å². The largest absolute Gasteiger partial charge is 0.481 e. The van der Waals surface area contributed by atoms with E-state index in [1.165, 1.54) is 0 Å². The number of nitrogens with zero attached hydrogens (tertiary/aromatic N) is 1. The average molecular weight is 310 g/mol. The molecule has 1 saturated heterocycles. The molecule has 22 heavy (non-hydrogen) atoms. The Bertz CT molecular complexity index is 463. The number of amides is 2. The van der Waals surface area contributed by atoms with Crippen molar-refractivity contribution in [3.63, 3.8) is 0 Å². The molecule has 1 heterocycles. The summed E-state index contributed by atoms with van der Waals surface area (Å²) in [5.41, 5.74) is -0.476. The number of hydrogen-bond donors (Lipinski definition) is 2. The number of carboxylic acid groups (broad SMARTS) is 1. The number of aliphatic carboxylic acids is 1. The summed E-state index contributed by atoms with van der Waals surface area (Å²) in [5.74, 6) is -0.608. The van der Waals surface area contributed by atoms with Crippen LogP contribution in [0.15, 0.2) is 0 Å². The van der Waals surface area contributed by atoms with E-state index >= 15 is 0 Å². The fraction of sp³-hybridized carbons (Fsp3) is 0.875. The maximum absolute atomic E-state index is 12.4. The van der Waals surface area contributed by atoms with Gasteiger partial charge in [0.2, 0.25) is 0 Å². The van der Waals surface area contributed by atoms with Crippen LogP contribution in [0.3, 0.4) is 0 Å². The number of carbonyl (C=O) groups excluding carboxylic acids is 1. The maximum Gasteiger partial charge on any atom is 0.317 e. The molecule has 0 bridgehead atoms. The molecule has 3 fully saturated rings. The first-order valence-corrected chi connectivity index (χ1v) is 8.26. The lowest BCUT2D eigenvalue weighted by Gasteiger charge is -2.24. The molecule has 3 aliphatic rings. The van der Waals surface area contributed by atoms with Crippen LogP contribution in [0.4, 0.5) is 4.79 Å². The lowest BCUT2D eigenvalue weighted by atomic mass is 9.81. The van der Waals surface area contributed by atoms with E-state index in [2.05, 4.69) is 5.32 Å². The number of ether oxygens (including phenoxy) is 1. The highest BCUT2D eigenvalue weighted by Crippen LogP contribution is 2.50. The first kappa shape index (κ1) is 15.6. The summed E-state index contributed by atoms with van der Waals surface area (Å²) in [6.07, 6.45) is 5.84. The SMILES string of the molecule is COCCC1(CNC(=O)N2C[C@@H]3CCC[C@@]3(C(=O)O)C2)CC1. The van der Waals surface area contributed by atoms with E-state index in [-0.39, 0.29) is 17.4 Å². The van der Waals surface area contributed by atoms with Crippen molar-refractivity contribution in [2.75, 3.05) is 33.4 Å². The zero-order chi connectivity index (χ0) is 15.8. The molecule has 0 unspecified atom stereocenters. The number of rotatable bonds is 6. The topological polar surface area (TPSA) is 78.9 Å². The van der Waals surface area contributed by atoms with E-state index in [4.69, 9.17) is 4.74 Å². The van der Waals surface area contributed by atoms with Gasteiger partial charge in [-0.25, -0.2) is 4.79 Å². The van der Waals surface area contributed by atoms with E-state index in [0.29, 0.717) is 26.1 Å². The fourth-order valence-corrected chi connectivity index (χ4v) is 4.18. The van der Waals surface area contributed by atoms with Crippen LogP contribution in [0.5, 0.6) is 0 Å². The summed E-state index contributed by atoms with van der Waals surface area (Å²) < 4.78 is 5.13. The maximum atomic E-state index is 12.4. The minimum Gasteiger partial charge on any atom is -0.481 e. The molecule has 0 aromatic heterocycles. The van der Waals surface area contributed by atoms with Crippen molar-refractivity contribution in [3.8, 4) is 0 Å². The molecular formula is C16H26N2O4. The molecule has 2 saturated carbocycles. The summed E-state index contributed by atoms with van der Waals surface area (Å²) in [4.78, 5) is 25.7. The van der Waals surface area contributed by atoms with Gasteiger partial charge in [0, 0.05) is 33.4 Å². The van der Waals surface area contributed by atoms with E-state index in [9.17, 15) is 14.7 Å². The van der Waals surface area contributed by atoms with Crippen molar-refractivity contribution in [1.29, 1.82) is 0 Å². The summed E-state index contributed by atoms with van der Waals surface area (Å²) >= 11 is 0. The third-order valence-corrected chi connectivity index (χ3v) is 5.99. The Hall–Kier alpha value is -1.30. The molecule has 2 aliphatic carbocycles. The Morgan fingerprint density at radius 3 is 2.73 bits per heavy atom. The Balaban J connectivity index is 1.53. The van der Waals surface area contributed by atoms with Crippen molar-refractivity contribution in [2.24, 2.45) is 16.7 Å². The molecule has 6 nitrogen and oxygen atoms in total. The Kier molecular flexibility index (Phi) is 4.05. The number of methoxy groups -OCH3 is 1. The second-order valence-corrected chi connectivity index (χ2v) is 7.33. The van der Waals surface area contributed by atoms with Gasteiger partial charge in [-0.1, -0.05) is 6.42 Å². The van der Waals surface area contributed by atoms with Crippen molar-refractivity contribution in [1.82, 2.24) is 10.2 Å². The van der Waals surface area contributed by atoms with Crippen LogP contribution in [-0.2, 0) is 9.53 Å². The Labute approximate surface area is 131 Å². The van der Waals surface area contributed by atoms with Gasteiger partial charge in [0.05, 0.1) is 5.41 Å². The summed E-state index contributed by atoms with van der Waals surface area (Å²) in [7, 11) is 1.70. The third-order valence-electron chi connectivity index (χ3n) is 5.99.